The Morgan fingerprint density at radius 2 is 2.10 bits per heavy atom. The summed E-state index contributed by atoms with van der Waals surface area (Å²) in [4.78, 5) is 17.2. The van der Waals surface area contributed by atoms with Gasteiger partial charge in [0, 0.05) is 29.6 Å². The summed E-state index contributed by atoms with van der Waals surface area (Å²) in [5, 5.41) is 0. The molecule has 0 aromatic heterocycles. The van der Waals surface area contributed by atoms with Gasteiger partial charge in [-0.3, -0.25) is 0 Å². The van der Waals surface area contributed by atoms with E-state index in [2.05, 4.69) is 4.90 Å². The number of rotatable bonds is 3. The number of benzene rings is 1. The number of carbonyl (C=O) groups excluding carboxylic acids is 1. The van der Waals surface area contributed by atoms with E-state index in [9.17, 15) is 9.18 Å². The molecule has 0 N–H and O–H groups in total. The van der Waals surface area contributed by atoms with E-state index < -0.39 is 0 Å². The highest BCUT2D eigenvalue weighted by Gasteiger charge is 2.48. The van der Waals surface area contributed by atoms with Crippen LogP contribution in [0.4, 0.5) is 9.18 Å². The van der Waals surface area contributed by atoms with Gasteiger partial charge in [-0.25, -0.2) is 9.18 Å². The Bertz CT molecular complexity index is 793. The molecule has 0 radical (unpaired) electrons. The molecule has 164 valence electrons. The van der Waals surface area contributed by atoms with E-state index >= 15 is 0 Å². The van der Waals surface area contributed by atoms with Crippen LogP contribution >= 0.6 is 0 Å². The van der Waals surface area contributed by atoms with E-state index in [4.69, 9.17) is 9.47 Å². The van der Waals surface area contributed by atoms with Crippen molar-refractivity contribution in [3.63, 3.8) is 0 Å². The zero-order chi connectivity index (χ0) is 20.7. The minimum absolute atomic E-state index is 0.0324. The van der Waals surface area contributed by atoms with Gasteiger partial charge in [-0.15, -0.1) is 0 Å². The number of carbonyl (C=O) groups is 1. The summed E-state index contributed by atoms with van der Waals surface area (Å²) in [5.74, 6) is 1.28. The lowest BCUT2D eigenvalue weighted by atomic mass is 9.74. The molecule has 3 atom stereocenters. The van der Waals surface area contributed by atoms with Crippen molar-refractivity contribution >= 4 is 6.09 Å². The van der Waals surface area contributed by atoms with E-state index in [1.165, 1.54) is 18.9 Å². The predicted molar refractivity (Wildman–Crippen MR) is 112 cm³/mol. The van der Waals surface area contributed by atoms with Gasteiger partial charge in [-0.2, -0.15) is 0 Å². The summed E-state index contributed by atoms with van der Waals surface area (Å²) >= 11 is 0. The monoisotopic (exact) mass is 416 g/mol. The standard InChI is InChI=1S/C24H33FN2O3/c1-2-12-29-23(28)27-9-3-4-17-13-19(15-21(17)27)26-10-7-24(8-11-26)16-30-22-6-5-18(25)14-20(22)24/h5-6,14,17,19,21H,2-4,7-13,15-16H2,1H3. The average molecular weight is 417 g/mol. The number of likely N-dealkylation sites (tertiary alicyclic amines) is 2. The molecule has 1 aromatic rings. The lowest BCUT2D eigenvalue weighted by Gasteiger charge is -2.41. The highest BCUT2D eigenvalue weighted by molar-refractivity contribution is 5.68. The zero-order valence-electron chi connectivity index (χ0n) is 17.9. The molecule has 3 aliphatic heterocycles. The molecule has 5 nitrogen and oxygen atoms in total. The number of halogens is 1. The summed E-state index contributed by atoms with van der Waals surface area (Å²) in [6, 6.07) is 5.81. The third kappa shape index (κ3) is 3.47. The fraction of sp³-hybridized carbons (Fsp3) is 0.708. The Morgan fingerprint density at radius 1 is 1.27 bits per heavy atom. The Labute approximate surface area is 178 Å². The Hall–Kier alpha value is -1.82. The van der Waals surface area contributed by atoms with Crippen molar-refractivity contribution in [3.05, 3.63) is 29.6 Å². The highest BCUT2D eigenvalue weighted by Crippen LogP contribution is 2.47. The van der Waals surface area contributed by atoms with Crippen molar-refractivity contribution in [2.24, 2.45) is 5.92 Å². The van der Waals surface area contributed by atoms with Gasteiger partial charge in [0.25, 0.3) is 0 Å². The first-order valence-corrected chi connectivity index (χ1v) is 11.7. The Balaban J connectivity index is 1.23. The quantitative estimate of drug-likeness (QED) is 0.735. The lowest BCUT2D eigenvalue weighted by molar-refractivity contribution is 0.0600. The van der Waals surface area contributed by atoms with Crippen molar-refractivity contribution < 1.29 is 18.7 Å². The molecule has 3 fully saturated rings. The number of hydrogen-bond acceptors (Lipinski definition) is 4. The van der Waals surface area contributed by atoms with Crippen molar-refractivity contribution in [2.45, 2.75) is 69.4 Å². The third-order valence-electron chi connectivity index (χ3n) is 7.96. The van der Waals surface area contributed by atoms with E-state index in [0.29, 0.717) is 31.2 Å². The topological polar surface area (TPSA) is 42.0 Å². The first-order valence-electron chi connectivity index (χ1n) is 11.7. The molecule has 5 rings (SSSR count). The van der Waals surface area contributed by atoms with Gasteiger partial charge in [-0.1, -0.05) is 6.92 Å². The van der Waals surface area contributed by atoms with Gasteiger partial charge >= 0.3 is 6.09 Å². The largest absolute Gasteiger partial charge is 0.492 e. The van der Waals surface area contributed by atoms with Crippen molar-refractivity contribution in [2.75, 3.05) is 32.8 Å². The lowest BCUT2D eigenvalue weighted by Crippen LogP contribution is -2.48. The summed E-state index contributed by atoms with van der Waals surface area (Å²) in [6.07, 6.45) is 7.30. The number of fused-ring (bicyclic) bond motifs is 3. The Kier molecular flexibility index (Phi) is 5.38. The summed E-state index contributed by atoms with van der Waals surface area (Å²) in [6.45, 7) is 6.08. The van der Waals surface area contributed by atoms with Crippen LogP contribution in [0, 0.1) is 11.7 Å². The smallest absolute Gasteiger partial charge is 0.410 e. The number of piperidine rings is 2. The van der Waals surface area contributed by atoms with Gasteiger partial charge in [0.15, 0.2) is 0 Å². The molecule has 3 unspecified atom stereocenters. The molecule has 3 heterocycles. The number of ether oxygens (including phenoxy) is 2. The van der Waals surface area contributed by atoms with Crippen molar-refractivity contribution in [1.82, 2.24) is 9.80 Å². The second-order valence-corrected chi connectivity index (χ2v) is 9.65. The maximum absolute atomic E-state index is 13.9. The molecule has 6 heteroatoms. The third-order valence-corrected chi connectivity index (χ3v) is 7.96. The van der Waals surface area contributed by atoms with Crippen LogP contribution in [0.25, 0.3) is 0 Å². The van der Waals surface area contributed by atoms with E-state index in [-0.39, 0.29) is 17.3 Å². The van der Waals surface area contributed by atoms with Crippen molar-refractivity contribution in [1.29, 1.82) is 0 Å². The zero-order valence-corrected chi connectivity index (χ0v) is 17.9. The van der Waals surface area contributed by atoms with Crippen LogP contribution in [0.15, 0.2) is 18.2 Å². The summed E-state index contributed by atoms with van der Waals surface area (Å²) in [5.41, 5.74) is 1.03. The predicted octanol–water partition coefficient (Wildman–Crippen LogP) is 4.34. The number of nitrogens with zero attached hydrogens (tertiary/aromatic N) is 2. The summed E-state index contributed by atoms with van der Waals surface area (Å²) in [7, 11) is 0. The molecule has 1 amide bonds. The fourth-order valence-electron chi connectivity index (χ4n) is 6.32. The minimum Gasteiger partial charge on any atom is -0.492 e. The van der Waals surface area contributed by atoms with Gasteiger partial charge in [-0.05, 0) is 82.2 Å². The second kappa shape index (κ2) is 8.03. The Morgan fingerprint density at radius 3 is 2.90 bits per heavy atom. The average Bonchev–Trinajstić information content (AvgIpc) is 3.35. The van der Waals surface area contributed by atoms with E-state index in [1.807, 2.05) is 11.8 Å². The van der Waals surface area contributed by atoms with Crippen LogP contribution < -0.4 is 4.74 Å². The van der Waals surface area contributed by atoms with Gasteiger partial charge in [0.2, 0.25) is 0 Å². The van der Waals surface area contributed by atoms with Gasteiger partial charge in [0.1, 0.15) is 11.6 Å². The normalized spacial score (nSPS) is 30.1. The maximum Gasteiger partial charge on any atom is 0.410 e. The number of amides is 1. The molecular weight excluding hydrogens is 383 g/mol. The molecule has 4 aliphatic rings. The van der Waals surface area contributed by atoms with E-state index in [1.54, 1.807) is 12.1 Å². The molecule has 1 aromatic carbocycles. The second-order valence-electron chi connectivity index (χ2n) is 9.65. The van der Waals surface area contributed by atoms with Crippen LogP contribution in [-0.2, 0) is 10.2 Å². The molecule has 0 bridgehead atoms. The van der Waals surface area contributed by atoms with E-state index in [0.717, 1.165) is 63.1 Å². The molecule has 2 saturated heterocycles. The van der Waals surface area contributed by atoms with Gasteiger partial charge in [0.05, 0.1) is 13.2 Å². The first kappa shape index (κ1) is 20.1. The molecule has 1 saturated carbocycles. The maximum atomic E-state index is 13.9. The van der Waals surface area contributed by atoms with Crippen LogP contribution in [0.5, 0.6) is 5.75 Å². The SMILES string of the molecule is CCCOC(=O)N1CCCC2CC(N3CCC4(CC3)COc3ccc(F)cc34)CC21. The number of hydrogen-bond donors (Lipinski definition) is 0. The van der Waals surface area contributed by atoms with Crippen molar-refractivity contribution in [3.8, 4) is 5.75 Å². The van der Waals surface area contributed by atoms with Crippen LogP contribution in [0.1, 0.15) is 57.4 Å². The summed E-state index contributed by atoms with van der Waals surface area (Å²) < 4.78 is 25.2. The van der Waals surface area contributed by atoms with Crippen LogP contribution in [0.2, 0.25) is 0 Å². The molecule has 1 spiro atoms. The molecule has 1 aliphatic carbocycles. The molecule has 30 heavy (non-hydrogen) atoms. The van der Waals surface area contributed by atoms with Crippen LogP contribution in [-0.4, -0.2) is 60.8 Å². The van der Waals surface area contributed by atoms with Crippen LogP contribution in [0.3, 0.4) is 0 Å². The minimum atomic E-state index is -0.170. The fourth-order valence-corrected chi connectivity index (χ4v) is 6.32. The molecular formula is C24H33FN2O3. The van der Waals surface area contributed by atoms with Gasteiger partial charge < -0.3 is 19.3 Å². The first-order chi connectivity index (χ1) is 14.6. The highest BCUT2D eigenvalue weighted by atomic mass is 19.1.